The molecule has 0 bridgehead atoms. The van der Waals surface area contributed by atoms with E-state index in [9.17, 15) is 13.2 Å². The molecule has 1 atom stereocenters. The molecule has 1 N–H and O–H groups in total. The van der Waals surface area contributed by atoms with Crippen LogP contribution in [0.15, 0.2) is 64.2 Å². The molecule has 1 aromatic carbocycles. The van der Waals surface area contributed by atoms with Crippen LogP contribution in [-0.4, -0.2) is 28.0 Å². The van der Waals surface area contributed by atoms with Gasteiger partial charge in [-0.3, -0.25) is 4.79 Å². The number of ether oxygens (including phenoxy) is 1. The number of sulfone groups is 1. The maximum absolute atomic E-state index is 13.1. The Bertz CT molecular complexity index is 947. The highest BCUT2D eigenvalue weighted by Gasteiger charge is 2.30. The molecule has 0 unspecified atom stereocenters. The number of carbonyl (C=O) groups excluding carboxylic acids is 1. The molecule has 3 rings (SSSR count). The Balaban J connectivity index is 1.86. The Morgan fingerprint density at radius 3 is 2.35 bits per heavy atom. The largest absolute Gasteiger partial charge is 0.497 e. The summed E-state index contributed by atoms with van der Waals surface area (Å²) in [4.78, 5) is 13.7. The highest BCUT2D eigenvalue weighted by molar-refractivity contribution is 7.91. The van der Waals surface area contributed by atoms with Crippen LogP contribution < -0.4 is 10.1 Å². The van der Waals surface area contributed by atoms with Gasteiger partial charge in [-0.25, -0.2) is 8.42 Å². The Morgan fingerprint density at radius 1 is 1.08 bits per heavy atom. The molecule has 0 saturated heterocycles. The molecule has 0 aliphatic heterocycles. The summed E-state index contributed by atoms with van der Waals surface area (Å²) in [6, 6.07) is 13.3. The van der Waals surface area contributed by atoms with Crippen LogP contribution in [0.5, 0.6) is 5.75 Å². The standard InChI is InChI=1S/C18H17NO4S3/c1-23-13-6-8-14(9-7-13)26(21,22)17(15-4-2-10-24-15)12-19-18(20)16-5-3-11-25-16/h2-11,17H,12H2,1H3,(H,19,20)/t17-/m1/s1. The van der Waals surface area contributed by atoms with Gasteiger partial charge < -0.3 is 10.1 Å². The molecule has 0 fully saturated rings. The summed E-state index contributed by atoms with van der Waals surface area (Å²) < 4.78 is 31.4. The predicted molar refractivity (Wildman–Crippen MR) is 104 cm³/mol. The van der Waals surface area contributed by atoms with Gasteiger partial charge in [0.1, 0.15) is 11.0 Å². The minimum absolute atomic E-state index is 0.00556. The summed E-state index contributed by atoms with van der Waals surface area (Å²) in [5, 5.41) is 5.53. The first-order chi connectivity index (χ1) is 12.5. The number of nitrogens with one attached hydrogen (secondary N) is 1. The zero-order valence-corrected chi connectivity index (χ0v) is 16.4. The van der Waals surface area contributed by atoms with Crippen LogP contribution in [0.3, 0.4) is 0 Å². The number of amides is 1. The average molecular weight is 408 g/mol. The minimum Gasteiger partial charge on any atom is -0.497 e. The van der Waals surface area contributed by atoms with Crippen molar-refractivity contribution in [3.63, 3.8) is 0 Å². The smallest absolute Gasteiger partial charge is 0.261 e. The van der Waals surface area contributed by atoms with E-state index in [1.165, 1.54) is 41.9 Å². The highest BCUT2D eigenvalue weighted by Crippen LogP contribution is 2.32. The van der Waals surface area contributed by atoms with Gasteiger partial charge in [-0.1, -0.05) is 12.1 Å². The van der Waals surface area contributed by atoms with Crippen molar-refractivity contribution in [1.82, 2.24) is 5.32 Å². The number of hydrogen-bond donors (Lipinski definition) is 1. The Morgan fingerprint density at radius 2 is 1.77 bits per heavy atom. The van der Waals surface area contributed by atoms with Crippen LogP contribution in [0.25, 0.3) is 0 Å². The molecule has 0 aliphatic rings. The van der Waals surface area contributed by atoms with E-state index in [4.69, 9.17) is 4.74 Å². The van der Waals surface area contributed by atoms with Crippen LogP contribution in [0.2, 0.25) is 0 Å². The van der Waals surface area contributed by atoms with Crippen LogP contribution in [-0.2, 0) is 9.84 Å². The van der Waals surface area contributed by atoms with Crippen molar-refractivity contribution in [2.45, 2.75) is 10.1 Å². The molecule has 2 aromatic heterocycles. The molecule has 3 aromatic rings. The average Bonchev–Trinajstić information content (AvgIpc) is 3.35. The molecule has 8 heteroatoms. The number of carbonyl (C=O) groups is 1. The summed E-state index contributed by atoms with van der Waals surface area (Å²) in [6.07, 6.45) is 0. The van der Waals surface area contributed by atoms with E-state index in [1.54, 1.807) is 41.8 Å². The second-order valence-corrected chi connectivity index (χ2v) is 9.47. The van der Waals surface area contributed by atoms with Gasteiger partial charge in [0.2, 0.25) is 0 Å². The number of methoxy groups -OCH3 is 1. The quantitative estimate of drug-likeness (QED) is 0.647. The van der Waals surface area contributed by atoms with Crippen molar-refractivity contribution < 1.29 is 17.9 Å². The second kappa shape index (κ2) is 8.03. The van der Waals surface area contributed by atoms with Crippen molar-refractivity contribution in [3.8, 4) is 5.75 Å². The topological polar surface area (TPSA) is 72.5 Å². The molecule has 2 heterocycles. The molecule has 136 valence electrons. The number of rotatable bonds is 7. The summed E-state index contributed by atoms with van der Waals surface area (Å²) in [6.45, 7) is 0.00556. The van der Waals surface area contributed by atoms with Crippen molar-refractivity contribution in [2.24, 2.45) is 0 Å². The monoisotopic (exact) mass is 407 g/mol. The van der Waals surface area contributed by atoms with Crippen molar-refractivity contribution in [2.75, 3.05) is 13.7 Å². The molecule has 0 saturated carbocycles. The summed E-state index contributed by atoms with van der Waals surface area (Å²) in [5.74, 6) is 0.314. The molecule has 0 aliphatic carbocycles. The molecule has 1 amide bonds. The first-order valence-electron chi connectivity index (χ1n) is 7.75. The molecule has 26 heavy (non-hydrogen) atoms. The third-order valence-electron chi connectivity index (χ3n) is 3.82. The Labute approximate surface area is 160 Å². The van der Waals surface area contributed by atoms with E-state index in [0.29, 0.717) is 15.5 Å². The van der Waals surface area contributed by atoms with Crippen molar-refractivity contribution in [1.29, 1.82) is 0 Å². The SMILES string of the molecule is COc1ccc(S(=O)(=O)[C@H](CNC(=O)c2cccs2)c2cccs2)cc1. The summed E-state index contributed by atoms with van der Waals surface area (Å²) >= 11 is 2.67. The fourth-order valence-electron chi connectivity index (χ4n) is 2.45. The lowest BCUT2D eigenvalue weighted by Gasteiger charge is -2.17. The van der Waals surface area contributed by atoms with Crippen molar-refractivity contribution >= 4 is 38.4 Å². The third kappa shape index (κ3) is 3.98. The van der Waals surface area contributed by atoms with E-state index in [2.05, 4.69) is 5.32 Å². The lowest BCUT2D eigenvalue weighted by atomic mass is 10.3. The van der Waals surface area contributed by atoms with Gasteiger partial charge in [-0.2, -0.15) is 0 Å². The fourth-order valence-corrected chi connectivity index (χ4v) is 5.87. The van der Waals surface area contributed by atoms with Crippen LogP contribution >= 0.6 is 22.7 Å². The third-order valence-corrected chi connectivity index (χ3v) is 7.92. The molecular formula is C18H17NO4S3. The summed E-state index contributed by atoms with van der Waals surface area (Å²) in [5.41, 5.74) is 0. The van der Waals surface area contributed by atoms with Gasteiger partial charge in [0.15, 0.2) is 9.84 Å². The first kappa shape index (κ1) is 18.6. The van der Waals surface area contributed by atoms with Gasteiger partial charge in [0, 0.05) is 11.4 Å². The number of benzene rings is 1. The first-order valence-corrected chi connectivity index (χ1v) is 11.1. The number of thiophene rings is 2. The van der Waals surface area contributed by atoms with Gasteiger partial charge in [0.25, 0.3) is 5.91 Å². The number of hydrogen-bond acceptors (Lipinski definition) is 6. The maximum atomic E-state index is 13.1. The van der Waals surface area contributed by atoms with Gasteiger partial charge >= 0.3 is 0 Å². The Hall–Kier alpha value is -2.16. The van der Waals surface area contributed by atoms with Gasteiger partial charge in [-0.05, 0) is 47.2 Å². The zero-order chi connectivity index (χ0) is 18.6. The van der Waals surface area contributed by atoms with E-state index in [-0.39, 0.29) is 17.3 Å². The van der Waals surface area contributed by atoms with Gasteiger partial charge in [0.05, 0.1) is 16.9 Å². The van der Waals surface area contributed by atoms with Crippen LogP contribution in [0.4, 0.5) is 0 Å². The van der Waals surface area contributed by atoms with E-state index < -0.39 is 15.1 Å². The fraction of sp³-hybridized carbons (Fsp3) is 0.167. The maximum Gasteiger partial charge on any atom is 0.261 e. The molecule has 5 nitrogen and oxygen atoms in total. The zero-order valence-electron chi connectivity index (χ0n) is 13.9. The lowest BCUT2D eigenvalue weighted by Crippen LogP contribution is -2.31. The molecule has 0 spiro atoms. The lowest BCUT2D eigenvalue weighted by molar-refractivity contribution is 0.0958. The predicted octanol–water partition coefficient (Wildman–Crippen LogP) is 3.76. The van der Waals surface area contributed by atoms with Gasteiger partial charge in [-0.15, -0.1) is 22.7 Å². The normalized spacial score (nSPS) is 12.5. The van der Waals surface area contributed by atoms with E-state index in [1.807, 2.05) is 5.38 Å². The van der Waals surface area contributed by atoms with Crippen molar-refractivity contribution in [3.05, 3.63) is 69.0 Å². The molecular weight excluding hydrogens is 390 g/mol. The minimum atomic E-state index is -3.67. The highest BCUT2D eigenvalue weighted by atomic mass is 32.2. The van der Waals surface area contributed by atoms with E-state index >= 15 is 0 Å². The van der Waals surface area contributed by atoms with Crippen LogP contribution in [0, 0.1) is 0 Å². The summed E-state index contributed by atoms with van der Waals surface area (Å²) in [7, 11) is -2.14. The van der Waals surface area contributed by atoms with E-state index in [0.717, 1.165) is 0 Å². The molecule has 0 radical (unpaired) electrons. The van der Waals surface area contributed by atoms with Crippen LogP contribution in [0.1, 0.15) is 19.8 Å². The second-order valence-electron chi connectivity index (χ2n) is 5.41. The Kier molecular flexibility index (Phi) is 5.75.